The third kappa shape index (κ3) is 5.68. The molecule has 1 heterocycles. The van der Waals surface area contributed by atoms with Gasteiger partial charge in [-0.05, 0) is 44.5 Å². The number of anilines is 1. The normalized spacial score (nSPS) is 10.7. The SMILES string of the molecule is CCN(CC(=O)Nc1cc(Cl)ccc1C)C(=O)Cc1csc(-c2cccc(C)c2)n1. The average Bonchev–Trinajstić information content (AvgIpc) is 3.17. The molecule has 2 amide bonds. The summed E-state index contributed by atoms with van der Waals surface area (Å²) in [5.74, 6) is -0.383. The van der Waals surface area contributed by atoms with Gasteiger partial charge in [-0.1, -0.05) is 41.4 Å². The van der Waals surface area contributed by atoms with E-state index in [4.69, 9.17) is 11.6 Å². The van der Waals surface area contributed by atoms with E-state index in [1.165, 1.54) is 21.8 Å². The summed E-state index contributed by atoms with van der Waals surface area (Å²) in [7, 11) is 0. The number of aryl methyl sites for hydroxylation is 2. The molecule has 0 unspecified atom stereocenters. The Hall–Kier alpha value is -2.70. The zero-order valence-electron chi connectivity index (χ0n) is 17.2. The second-order valence-corrected chi connectivity index (χ2v) is 8.40. The Kier molecular flexibility index (Phi) is 7.24. The number of rotatable bonds is 7. The van der Waals surface area contributed by atoms with Crippen LogP contribution in [0.15, 0.2) is 47.8 Å². The molecular weight excluding hydrogens is 418 g/mol. The molecule has 3 rings (SSSR count). The second-order valence-electron chi connectivity index (χ2n) is 7.11. The lowest BCUT2D eigenvalue weighted by Gasteiger charge is -2.20. The number of carbonyl (C=O) groups excluding carboxylic acids is 2. The highest BCUT2D eigenvalue weighted by Gasteiger charge is 2.18. The molecule has 3 aromatic rings. The second kappa shape index (κ2) is 9.87. The zero-order chi connectivity index (χ0) is 21.7. The van der Waals surface area contributed by atoms with Gasteiger partial charge in [0.2, 0.25) is 11.8 Å². The summed E-state index contributed by atoms with van der Waals surface area (Å²) in [4.78, 5) is 31.3. The highest BCUT2D eigenvalue weighted by atomic mass is 35.5. The summed E-state index contributed by atoms with van der Waals surface area (Å²) in [5.41, 5.74) is 4.48. The van der Waals surface area contributed by atoms with Crippen molar-refractivity contribution in [1.29, 1.82) is 0 Å². The quantitative estimate of drug-likeness (QED) is 0.554. The third-order valence-corrected chi connectivity index (χ3v) is 5.87. The molecular formula is C23H24ClN3O2S. The third-order valence-electron chi connectivity index (χ3n) is 4.69. The number of carbonyl (C=O) groups is 2. The van der Waals surface area contributed by atoms with Gasteiger partial charge in [0, 0.05) is 28.2 Å². The molecule has 0 aliphatic rings. The van der Waals surface area contributed by atoms with Crippen molar-refractivity contribution >= 4 is 40.4 Å². The van der Waals surface area contributed by atoms with Crippen molar-refractivity contribution in [3.8, 4) is 10.6 Å². The van der Waals surface area contributed by atoms with Gasteiger partial charge >= 0.3 is 0 Å². The number of halogens is 1. The first-order chi connectivity index (χ1) is 14.4. The minimum Gasteiger partial charge on any atom is -0.333 e. The van der Waals surface area contributed by atoms with E-state index < -0.39 is 0 Å². The summed E-state index contributed by atoms with van der Waals surface area (Å²) in [6.07, 6.45) is 0.166. The molecule has 1 N–H and O–H groups in total. The van der Waals surface area contributed by atoms with Crippen molar-refractivity contribution in [1.82, 2.24) is 9.88 Å². The van der Waals surface area contributed by atoms with Gasteiger partial charge in [0.25, 0.3) is 0 Å². The van der Waals surface area contributed by atoms with Crippen LogP contribution in [0.4, 0.5) is 5.69 Å². The number of aromatic nitrogens is 1. The zero-order valence-corrected chi connectivity index (χ0v) is 18.8. The monoisotopic (exact) mass is 441 g/mol. The van der Waals surface area contributed by atoms with Crippen LogP contribution in [0.5, 0.6) is 0 Å². The number of amides is 2. The van der Waals surface area contributed by atoms with Crippen LogP contribution < -0.4 is 5.32 Å². The smallest absolute Gasteiger partial charge is 0.244 e. The van der Waals surface area contributed by atoms with Crippen molar-refractivity contribution in [2.75, 3.05) is 18.4 Å². The lowest BCUT2D eigenvalue weighted by atomic mass is 10.1. The Morgan fingerprint density at radius 3 is 2.70 bits per heavy atom. The molecule has 30 heavy (non-hydrogen) atoms. The number of hydrogen-bond acceptors (Lipinski definition) is 4. The Balaban J connectivity index is 1.62. The van der Waals surface area contributed by atoms with E-state index >= 15 is 0 Å². The van der Waals surface area contributed by atoms with Crippen LogP contribution in [0.3, 0.4) is 0 Å². The van der Waals surface area contributed by atoms with Gasteiger partial charge in [-0.3, -0.25) is 9.59 Å². The van der Waals surface area contributed by atoms with E-state index in [1.807, 2.05) is 50.4 Å². The van der Waals surface area contributed by atoms with Gasteiger partial charge in [-0.15, -0.1) is 11.3 Å². The van der Waals surface area contributed by atoms with Crippen molar-refractivity contribution < 1.29 is 9.59 Å². The fourth-order valence-electron chi connectivity index (χ4n) is 3.03. The highest BCUT2D eigenvalue weighted by Crippen LogP contribution is 2.25. The summed E-state index contributed by atoms with van der Waals surface area (Å²) in [6, 6.07) is 13.4. The van der Waals surface area contributed by atoms with Crippen LogP contribution in [-0.4, -0.2) is 34.8 Å². The average molecular weight is 442 g/mol. The Morgan fingerprint density at radius 2 is 1.97 bits per heavy atom. The molecule has 5 nitrogen and oxygen atoms in total. The van der Waals surface area contributed by atoms with E-state index in [9.17, 15) is 9.59 Å². The summed E-state index contributed by atoms with van der Waals surface area (Å²) in [5, 5.41) is 6.17. The van der Waals surface area contributed by atoms with E-state index in [-0.39, 0.29) is 24.8 Å². The van der Waals surface area contributed by atoms with Crippen LogP contribution in [0, 0.1) is 13.8 Å². The summed E-state index contributed by atoms with van der Waals surface area (Å²) in [6.45, 7) is 6.21. The molecule has 1 aromatic heterocycles. The first-order valence-corrected chi connectivity index (χ1v) is 11.0. The summed E-state index contributed by atoms with van der Waals surface area (Å²) < 4.78 is 0. The Morgan fingerprint density at radius 1 is 1.17 bits per heavy atom. The maximum atomic E-state index is 12.7. The molecule has 0 aliphatic carbocycles. The lowest BCUT2D eigenvalue weighted by Crippen LogP contribution is -2.38. The van der Waals surface area contributed by atoms with Crippen LogP contribution in [0.2, 0.25) is 5.02 Å². The standard InChI is InChI=1S/C23H24ClN3O2S/c1-4-27(13-21(28)26-20-11-18(24)9-8-16(20)3)22(29)12-19-14-30-23(25-19)17-7-5-6-15(2)10-17/h5-11,14H,4,12-13H2,1-3H3,(H,26,28). The van der Waals surface area contributed by atoms with E-state index in [0.29, 0.717) is 22.9 Å². The Bertz CT molecular complexity index is 1060. The fourth-order valence-corrected chi connectivity index (χ4v) is 4.02. The molecule has 0 bridgehead atoms. The molecule has 156 valence electrons. The minimum atomic E-state index is -0.255. The first kappa shape index (κ1) is 22.0. The van der Waals surface area contributed by atoms with Gasteiger partial charge < -0.3 is 10.2 Å². The maximum absolute atomic E-state index is 12.7. The molecule has 0 fully saturated rings. The molecule has 0 radical (unpaired) electrons. The molecule has 0 saturated carbocycles. The lowest BCUT2D eigenvalue weighted by molar-refractivity contribution is -0.133. The van der Waals surface area contributed by atoms with E-state index in [0.717, 1.165) is 16.1 Å². The largest absolute Gasteiger partial charge is 0.333 e. The van der Waals surface area contributed by atoms with Gasteiger partial charge in [-0.2, -0.15) is 0 Å². The number of thiazole rings is 1. The van der Waals surface area contributed by atoms with Crippen molar-refractivity contribution in [2.24, 2.45) is 0 Å². The number of hydrogen-bond donors (Lipinski definition) is 1. The van der Waals surface area contributed by atoms with E-state index in [2.05, 4.69) is 16.4 Å². The summed E-state index contributed by atoms with van der Waals surface area (Å²) >= 11 is 7.52. The molecule has 0 atom stereocenters. The predicted octanol–water partition coefficient (Wildman–Crippen LogP) is 5.11. The highest BCUT2D eigenvalue weighted by molar-refractivity contribution is 7.13. The molecule has 0 aliphatic heterocycles. The fraction of sp³-hybridized carbons (Fsp3) is 0.261. The molecule has 7 heteroatoms. The molecule has 2 aromatic carbocycles. The van der Waals surface area contributed by atoms with Gasteiger partial charge in [-0.25, -0.2) is 4.98 Å². The number of benzene rings is 2. The van der Waals surface area contributed by atoms with Crippen LogP contribution in [-0.2, 0) is 16.0 Å². The first-order valence-electron chi connectivity index (χ1n) is 9.71. The number of nitrogens with zero attached hydrogens (tertiary/aromatic N) is 2. The minimum absolute atomic E-state index is 0.0177. The van der Waals surface area contributed by atoms with Gasteiger partial charge in [0.1, 0.15) is 5.01 Å². The number of nitrogens with one attached hydrogen (secondary N) is 1. The van der Waals surface area contributed by atoms with Crippen LogP contribution >= 0.6 is 22.9 Å². The topological polar surface area (TPSA) is 62.3 Å². The van der Waals surface area contributed by atoms with Crippen molar-refractivity contribution in [3.05, 3.63) is 69.7 Å². The van der Waals surface area contributed by atoms with Crippen LogP contribution in [0.1, 0.15) is 23.7 Å². The molecule has 0 saturated heterocycles. The maximum Gasteiger partial charge on any atom is 0.244 e. The van der Waals surface area contributed by atoms with Gasteiger partial charge in [0.15, 0.2) is 0 Å². The Labute approximate surface area is 185 Å². The number of likely N-dealkylation sites (N-methyl/N-ethyl adjacent to an activating group) is 1. The predicted molar refractivity (Wildman–Crippen MR) is 123 cm³/mol. The van der Waals surface area contributed by atoms with Crippen molar-refractivity contribution in [2.45, 2.75) is 27.2 Å². The van der Waals surface area contributed by atoms with Crippen molar-refractivity contribution in [3.63, 3.8) is 0 Å². The molecule has 0 spiro atoms. The van der Waals surface area contributed by atoms with E-state index in [1.54, 1.807) is 12.1 Å². The van der Waals surface area contributed by atoms with Crippen LogP contribution in [0.25, 0.3) is 10.6 Å². The van der Waals surface area contributed by atoms with Gasteiger partial charge in [0.05, 0.1) is 18.7 Å².